The molecule has 0 saturated carbocycles. The van der Waals surface area contributed by atoms with Crippen LogP contribution in [0.1, 0.15) is 11.1 Å². The van der Waals surface area contributed by atoms with E-state index in [-0.39, 0.29) is 0 Å². The van der Waals surface area contributed by atoms with Gasteiger partial charge in [-0.1, -0.05) is 23.9 Å². The fourth-order valence-corrected chi connectivity index (χ4v) is 2.81. The lowest BCUT2D eigenvalue weighted by molar-refractivity contribution is 0.414. The van der Waals surface area contributed by atoms with Crippen molar-refractivity contribution in [3.8, 4) is 5.75 Å². The normalized spacial score (nSPS) is 10.4. The molecule has 2 aromatic carbocycles. The second-order valence-corrected chi connectivity index (χ2v) is 5.43. The molecule has 18 heavy (non-hydrogen) atoms. The van der Waals surface area contributed by atoms with Crippen molar-refractivity contribution in [3.05, 3.63) is 47.5 Å². The van der Waals surface area contributed by atoms with Gasteiger partial charge in [0, 0.05) is 21.5 Å². The van der Waals surface area contributed by atoms with Gasteiger partial charge in [0.25, 0.3) is 0 Å². The number of ether oxygens (including phenoxy) is 1. The lowest BCUT2D eigenvalue weighted by Gasteiger charge is -2.09. The number of methoxy groups -OCH3 is 1. The monoisotopic (exact) mass is 259 g/mol. The van der Waals surface area contributed by atoms with Crippen molar-refractivity contribution in [1.82, 2.24) is 0 Å². The fraction of sp³-hybridized carbons (Fsp3) is 0.200. The summed E-state index contributed by atoms with van der Waals surface area (Å²) in [5.41, 5.74) is 9.12. The molecule has 2 N–H and O–H groups in total. The number of hydrogen-bond acceptors (Lipinski definition) is 3. The first-order valence-corrected chi connectivity index (χ1v) is 6.60. The average molecular weight is 259 g/mol. The molecule has 0 radical (unpaired) electrons. The number of nitrogen functional groups attached to an aromatic ring is 1. The standard InChI is InChI=1S/C15H17NOS/c1-10-4-5-11(2)15(6-10)18-14-8-12(16)7-13(9-14)17-3/h4-9H,16H2,1-3H3. The highest BCUT2D eigenvalue weighted by Crippen LogP contribution is 2.34. The van der Waals surface area contributed by atoms with Gasteiger partial charge in [-0.3, -0.25) is 0 Å². The van der Waals surface area contributed by atoms with Crippen LogP contribution in [0.25, 0.3) is 0 Å². The van der Waals surface area contributed by atoms with Gasteiger partial charge in [-0.2, -0.15) is 0 Å². The molecule has 0 amide bonds. The summed E-state index contributed by atoms with van der Waals surface area (Å²) in [6.45, 7) is 4.22. The summed E-state index contributed by atoms with van der Waals surface area (Å²) in [4.78, 5) is 2.35. The SMILES string of the molecule is COc1cc(N)cc(Sc2cc(C)ccc2C)c1. The smallest absolute Gasteiger partial charge is 0.122 e. The molecule has 2 nitrogen and oxygen atoms in total. The zero-order chi connectivity index (χ0) is 13.1. The summed E-state index contributed by atoms with van der Waals surface area (Å²) < 4.78 is 5.23. The van der Waals surface area contributed by atoms with Crippen LogP contribution in [-0.4, -0.2) is 7.11 Å². The maximum atomic E-state index is 5.86. The van der Waals surface area contributed by atoms with Crippen molar-refractivity contribution in [3.63, 3.8) is 0 Å². The molecule has 0 heterocycles. The van der Waals surface area contributed by atoms with Crippen molar-refractivity contribution in [2.75, 3.05) is 12.8 Å². The summed E-state index contributed by atoms with van der Waals surface area (Å²) in [7, 11) is 1.65. The fourth-order valence-electron chi connectivity index (χ4n) is 1.71. The Hall–Kier alpha value is -1.61. The Kier molecular flexibility index (Phi) is 3.82. The molecule has 2 aromatic rings. The van der Waals surface area contributed by atoms with Crippen LogP contribution >= 0.6 is 11.8 Å². The van der Waals surface area contributed by atoms with Gasteiger partial charge in [0.2, 0.25) is 0 Å². The van der Waals surface area contributed by atoms with Crippen LogP contribution in [0.2, 0.25) is 0 Å². The highest BCUT2D eigenvalue weighted by molar-refractivity contribution is 7.99. The van der Waals surface area contributed by atoms with E-state index in [1.807, 2.05) is 18.2 Å². The minimum Gasteiger partial charge on any atom is -0.497 e. The Morgan fingerprint density at radius 2 is 1.83 bits per heavy atom. The summed E-state index contributed by atoms with van der Waals surface area (Å²) >= 11 is 1.71. The first-order chi connectivity index (χ1) is 8.58. The van der Waals surface area contributed by atoms with E-state index in [1.54, 1.807) is 18.9 Å². The van der Waals surface area contributed by atoms with E-state index in [2.05, 4.69) is 32.0 Å². The van der Waals surface area contributed by atoms with Crippen molar-refractivity contribution < 1.29 is 4.74 Å². The summed E-state index contributed by atoms with van der Waals surface area (Å²) in [6.07, 6.45) is 0. The molecule has 94 valence electrons. The van der Waals surface area contributed by atoms with Gasteiger partial charge in [-0.15, -0.1) is 0 Å². The van der Waals surface area contributed by atoms with Gasteiger partial charge < -0.3 is 10.5 Å². The minimum atomic E-state index is 0.724. The molecule has 3 heteroatoms. The van der Waals surface area contributed by atoms with Crippen molar-refractivity contribution in [1.29, 1.82) is 0 Å². The van der Waals surface area contributed by atoms with Crippen LogP contribution in [0, 0.1) is 13.8 Å². The molecule has 0 aliphatic rings. The number of hydrogen-bond donors (Lipinski definition) is 1. The summed E-state index contributed by atoms with van der Waals surface area (Å²) in [5, 5.41) is 0. The van der Waals surface area contributed by atoms with E-state index in [4.69, 9.17) is 10.5 Å². The van der Waals surface area contributed by atoms with Crippen LogP contribution in [-0.2, 0) is 0 Å². The second kappa shape index (κ2) is 5.36. The van der Waals surface area contributed by atoms with E-state index < -0.39 is 0 Å². The zero-order valence-corrected chi connectivity index (χ0v) is 11.7. The molecular weight excluding hydrogens is 242 g/mol. The molecule has 0 atom stereocenters. The van der Waals surface area contributed by atoms with Crippen LogP contribution in [0.4, 0.5) is 5.69 Å². The van der Waals surface area contributed by atoms with Gasteiger partial charge in [0.05, 0.1) is 7.11 Å². The molecule has 0 fully saturated rings. The van der Waals surface area contributed by atoms with Crippen molar-refractivity contribution >= 4 is 17.4 Å². The zero-order valence-electron chi connectivity index (χ0n) is 10.9. The van der Waals surface area contributed by atoms with Crippen molar-refractivity contribution in [2.24, 2.45) is 0 Å². The molecule has 0 aliphatic heterocycles. The molecule has 0 aromatic heterocycles. The Balaban J connectivity index is 2.33. The van der Waals surface area contributed by atoms with E-state index in [0.29, 0.717) is 0 Å². The number of nitrogens with two attached hydrogens (primary N) is 1. The van der Waals surface area contributed by atoms with Gasteiger partial charge in [-0.05, 0) is 43.2 Å². The largest absolute Gasteiger partial charge is 0.497 e. The number of benzene rings is 2. The third-order valence-electron chi connectivity index (χ3n) is 2.71. The number of rotatable bonds is 3. The predicted molar refractivity (Wildman–Crippen MR) is 77.4 cm³/mol. The average Bonchev–Trinajstić information content (AvgIpc) is 2.33. The Morgan fingerprint density at radius 3 is 2.56 bits per heavy atom. The quantitative estimate of drug-likeness (QED) is 0.845. The number of anilines is 1. The van der Waals surface area contributed by atoms with E-state index in [9.17, 15) is 0 Å². The molecule has 0 spiro atoms. The lowest BCUT2D eigenvalue weighted by Crippen LogP contribution is -1.89. The third-order valence-corrected chi connectivity index (χ3v) is 3.84. The maximum absolute atomic E-state index is 5.86. The molecule has 0 aliphatic carbocycles. The highest BCUT2D eigenvalue weighted by Gasteiger charge is 2.04. The van der Waals surface area contributed by atoms with E-state index in [0.717, 1.165) is 16.3 Å². The lowest BCUT2D eigenvalue weighted by atomic mass is 10.2. The van der Waals surface area contributed by atoms with Gasteiger partial charge >= 0.3 is 0 Å². The van der Waals surface area contributed by atoms with E-state index >= 15 is 0 Å². The Labute approximate surface area is 112 Å². The first kappa shape index (κ1) is 12.8. The summed E-state index contributed by atoms with van der Waals surface area (Å²) in [6, 6.07) is 12.3. The highest BCUT2D eigenvalue weighted by atomic mass is 32.2. The summed E-state index contributed by atoms with van der Waals surface area (Å²) in [5.74, 6) is 0.794. The van der Waals surface area contributed by atoms with Crippen LogP contribution < -0.4 is 10.5 Å². The van der Waals surface area contributed by atoms with Crippen LogP contribution in [0.3, 0.4) is 0 Å². The number of aryl methyl sites for hydroxylation is 2. The molecular formula is C15H17NOS. The molecule has 2 rings (SSSR count). The first-order valence-electron chi connectivity index (χ1n) is 5.78. The maximum Gasteiger partial charge on any atom is 0.122 e. The van der Waals surface area contributed by atoms with Gasteiger partial charge in [0.1, 0.15) is 5.75 Å². The Bertz CT molecular complexity index is 566. The van der Waals surface area contributed by atoms with Crippen LogP contribution in [0.15, 0.2) is 46.2 Å². The van der Waals surface area contributed by atoms with E-state index in [1.165, 1.54) is 16.0 Å². The van der Waals surface area contributed by atoms with Crippen molar-refractivity contribution in [2.45, 2.75) is 23.6 Å². The Morgan fingerprint density at radius 1 is 1.06 bits per heavy atom. The minimum absolute atomic E-state index is 0.724. The second-order valence-electron chi connectivity index (χ2n) is 4.31. The predicted octanol–water partition coefficient (Wildman–Crippen LogP) is 4.05. The molecule has 0 saturated heterocycles. The molecule has 0 bridgehead atoms. The van der Waals surface area contributed by atoms with Gasteiger partial charge in [0.15, 0.2) is 0 Å². The third kappa shape index (κ3) is 2.99. The molecule has 0 unspecified atom stereocenters. The van der Waals surface area contributed by atoms with Gasteiger partial charge in [-0.25, -0.2) is 0 Å². The topological polar surface area (TPSA) is 35.2 Å². The van der Waals surface area contributed by atoms with Crippen LogP contribution in [0.5, 0.6) is 5.75 Å².